The summed E-state index contributed by atoms with van der Waals surface area (Å²) in [5.41, 5.74) is 4.74. The summed E-state index contributed by atoms with van der Waals surface area (Å²) < 4.78 is 0.0381. The number of rotatable bonds is 6. The number of carbonyl (C=O) groups excluding carboxylic acids is 2. The molecule has 2 aliphatic heterocycles. The molecule has 0 aromatic carbocycles. The van der Waals surface area contributed by atoms with Crippen LogP contribution in [0.4, 0.5) is 5.13 Å². The Hall–Kier alpha value is -3.36. The summed E-state index contributed by atoms with van der Waals surface area (Å²) in [6.45, 7) is 0. The molecule has 6 N–H and O–H groups in total. The minimum atomic E-state index is -1.28. The number of aliphatic carboxylic acids is 1. The zero-order valence-electron chi connectivity index (χ0n) is 16.4. The normalized spacial score (nSPS) is 20.3. The van der Waals surface area contributed by atoms with Gasteiger partial charge in [-0.25, -0.2) is 14.8 Å². The third-order valence-corrected chi connectivity index (χ3v) is 7.19. The maximum Gasteiger partial charge on any atom is 0.353 e. The molecule has 33 heavy (non-hydrogen) atoms. The molecule has 0 spiro atoms. The van der Waals surface area contributed by atoms with E-state index in [-0.39, 0.29) is 26.7 Å². The van der Waals surface area contributed by atoms with Crippen LogP contribution in [0.2, 0.25) is 4.34 Å². The number of β-lactam (4-membered cyclic amide) rings is 1. The number of pyridine rings is 1. The third-order valence-electron chi connectivity index (χ3n) is 4.98. The number of aromatic nitrogens is 2. The Morgan fingerprint density at radius 2 is 2.15 bits per heavy atom. The van der Waals surface area contributed by atoms with Crippen LogP contribution >= 0.6 is 34.7 Å². The first kappa shape index (κ1) is 22.8. The minimum absolute atomic E-state index is 0.0381. The summed E-state index contributed by atoms with van der Waals surface area (Å²) in [4.78, 5) is 47.2. The molecule has 12 nitrogen and oxygen atoms in total. The van der Waals surface area contributed by atoms with Gasteiger partial charge in [-0.1, -0.05) is 39.9 Å². The van der Waals surface area contributed by atoms with Crippen LogP contribution in [0.15, 0.2) is 39.0 Å². The predicted molar refractivity (Wildman–Crippen MR) is 118 cm³/mol. The molecule has 0 saturated carbocycles. The molecule has 2 atom stereocenters. The average Bonchev–Trinajstić information content (AvgIpc) is 3.11. The van der Waals surface area contributed by atoms with E-state index >= 15 is 0 Å². The molecule has 0 bridgehead atoms. The summed E-state index contributed by atoms with van der Waals surface area (Å²) in [6, 6.07) is 1.35. The lowest BCUT2D eigenvalue weighted by molar-refractivity contribution is -0.155. The van der Waals surface area contributed by atoms with E-state index in [1.807, 2.05) is 0 Å². The van der Waals surface area contributed by atoms with Crippen LogP contribution in [0.5, 0.6) is 5.88 Å². The van der Waals surface area contributed by atoms with E-state index in [1.54, 1.807) is 6.07 Å². The van der Waals surface area contributed by atoms with Crippen LogP contribution in [0.3, 0.4) is 0 Å². The molecule has 2 unspecified atom stereocenters. The molecule has 4 heterocycles. The highest BCUT2D eigenvalue weighted by atomic mass is 35.5. The number of anilines is 1. The standard InChI is InChI=1S/C18H15ClN6O6S2/c19-14-11(23-18(20)33-14)12(24-31)15(27)22-10-7-2-3-8(13(17(29)30)25(7)16(10)28)32-6-1-4-9(26)21-5-6/h1,4-5,7,10,31H,2-3H2,(H2,20,23)(H,21,26)(H,22,27)(H,29,30)/b24-12-. The Labute approximate surface area is 198 Å². The van der Waals surface area contributed by atoms with Crippen LogP contribution in [-0.4, -0.2) is 65.9 Å². The summed E-state index contributed by atoms with van der Waals surface area (Å²) in [5.74, 6) is -2.97. The lowest BCUT2D eigenvalue weighted by Crippen LogP contribution is -2.72. The number of nitrogens with zero attached hydrogens (tertiary/aromatic N) is 4. The largest absolute Gasteiger partial charge is 0.493 e. The van der Waals surface area contributed by atoms with Crippen LogP contribution in [0.25, 0.3) is 0 Å². The molecule has 2 aliphatic rings. The second kappa shape index (κ2) is 8.88. The fourth-order valence-corrected chi connectivity index (χ4v) is 5.53. The molecule has 15 heteroatoms. The maximum absolute atomic E-state index is 12.8. The third kappa shape index (κ3) is 4.19. The number of fused-ring (bicyclic) bond motifs is 1. The Morgan fingerprint density at radius 3 is 2.73 bits per heavy atom. The van der Waals surface area contributed by atoms with Gasteiger partial charge in [0.15, 0.2) is 10.8 Å². The molecule has 2 amide bonds. The Bertz CT molecular complexity index is 1210. The number of aromatic hydroxyl groups is 1. The van der Waals surface area contributed by atoms with E-state index in [0.717, 1.165) is 28.0 Å². The van der Waals surface area contributed by atoms with Gasteiger partial charge in [0, 0.05) is 22.1 Å². The van der Waals surface area contributed by atoms with Gasteiger partial charge in [-0.3, -0.25) is 14.5 Å². The number of halogens is 1. The highest BCUT2D eigenvalue weighted by molar-refractivity contribution is 8.03. The van der Waals surface area contributed by atoms with Gasteiger partial charge in [0.05, 0.1) is 6.04 Å². The van der Waals surface area contributed by atoms with Gasteiger partial charge >= 0.3 is 5.97 Å². The lowest BCUT2D eigenvalue weighted by Gasteiger charge is -2.50. The number of nitrogens with two attached hydrogens (primary N) is 1. The number of nitrogen functional groups attached to an aromatic ring is 1. The highest BCUT2D eigenvalue weighted by Crippen LogP contribution is 2.43. The quantitative estimate of drug-likeness (QED) is 0.163. The molecule has 0 aliphatic carbocycles. The van der Waals surface area contributed by atoms with E-state index in [4.69, 9.17) is 17.3 Å². The fraction of sp³-hybridized carbons (Fsp3) is 0.222. The van der Waals surface area contributed by atoms with Crippen molar-refractivity contribution >= 4 is 63.3 Å². The van der Waals surface area contributed by atoms with Crippen LogP contribution in [0.1, 0.15) is 18.5 Å². The Kier molecular flexibility index (Phi) is 6.14. The topological polar surface area (TPSA) is 191 Å². The smallest absolute Gasteiger partial charge is 0.353 e. The van der Waals surface area contributed by atoms with Crippen LogP contribution in [-0.2, 0) is 14.4 Å². The summed E-state index contributed by atoms with van der Waals surface area (Å²) in [6.07, 6.45) is 2.12. The number of hydrogen-bond donors (Lipinski definition) is 5. The number of thiazole rings is 1. The van der Waals surface area contributed by atoms with E-state index in [9.17, 15) is 29.8 Å². The fourth-order valence-electron chi connectivity index (χ4n) is 3.58. The zero-order valence-corrected chi connectivity index (χ0v) is 18.8. The van der Waals surface area contributed by atoms with E-state index in [2.05, 4.69) is 20.4 Å². The van der Waals surface area contributed by atoms with Crippen LogP contribution in [0, 0.1) is 0 Å². The Morgan fingerprint density at radius 1 is 1.39 bits per heavy atom. The van der Waals surface area contributed by atoms with Crippen molar-refractivity contribution in [1.82, 2.24) is 20.2 Å². The molecule has 4 rings (SSSR count). The summed E-state index contributed by atoms with van der Waals surface area (Å²) in [5, 5.41) is 33.8. The first-order valence-electron chi connectivity index (χ1n) is 9.28. The van der Waals surface area contributed by atoms with Gasteiger partial charge in [-0.05, 0) is 18.9 Å². The zero-order chi connectivity index (χ0) is 23.9. The second-order valence-electron chi connectivity index (χ2n) is 6.92. The predicted octanol–water partition coefficient (Wildman–Crippen LogP) is 1.24. The lowest BCUT2D eigenvalue weighted by atomic mass is 9.86. The molecule has 2 aromatic rings. The molecule has 1 fully saturated rings. The number of thioether (sulfide) groups is 1. The van der Waals surface area contributed by atoms with Gasteiger partial charge < -0.3 is 26.5 Å². The molecular weight excluding hydrogens is 496 g/mol. The van der Waals surface area contributed by atoms with Crippen molar-refractivity contribution in [3.8, 4) is 5.88 Å². The van der Waals surface area contributed by atoms with Gasteiger partial charge in [0.2, 0.25) is 5.88 Å². The maximum atomic E-state index is 12.8. The van der Waals surface area contributed by atoms with E-state index in [0.29, 0.717) is 22.6 Å². The molecular formula is C18H15ClN6O6S2. The van der Waals surface area contributed by atoms with Crippen molar-refractivity contribution in [2.24, 2.45) is 5.16 Å². The first-order chi connectivity index (χ1) is 15.7. The SMILES string of the molecule is Nc1nc(/C(=N/O)C(=O)NC2C(=O)N3C(C(=O)O)=C(Sc4ccc(O)nc4)CCC23)c(Cl)s1. The van der Waals surface area contributed by atoms with Gasteiger partial charge in [0.1, 0.15) is 21.8 Å². The monoisotopic (exact) mass is 510 g/mol. The number of nitrogens with one attached hydrogen (secondary N) is 1. The average molecular weight is 511 g/mol. The number of hydrogen-bond acceptors (Lipinski definition) is 11. The van der Waals surface area contributed by atoms with Crippen molar-refractivity contribution in [2.75, 3.05) is 5.73 Å². The van der Waals surface area contributed by atoms with Crippen molar-refractivity contribution in [1.29, 1.82) is 0 Å². The van der Waals surface area contributed by atoms with Crippen molar-refractivity contribution < 1.29 is 29.8 Å². The van der Waals surface area contributed by atoms with Crippen molar-refractivity contribution in [3.63, 3.8) is 0 Å². The highest BCUT2D eigenvalue weighted by Gasteiger charge is 2.53. The van der Waals surface area contributed by atoms with E-state index in [1.165, 1.54) is 12.3 Å². The van der Waals surface area contributed by atoms with E-state index < -0.39 is 35.6 Å². The molecule has 172 valence electrons. The van der Waals surface area contributed by atoms with Gasteiger partial charge in [0.25, 0.3) is 11.8 Å². The molecule has 1 saturated heterocycles. The minimum Gasteiger partial charge on any atom is -0.493 e. The van der Waals surface area contributed by atoms with Crippen molar-refractivity contribution in [2.45, 2.75) is 29.8 Å². The second-order valence-corrected chi connectivity index (χ2v) is 9.72. The van der Waals surface area contributed by atoms with Gasteiger partial charge in [-0.15, -0.1) is 0 Å². The number of carboxylic acids is 1. The van der Waals surface area contributed by atoms with Gasteiger partial charge in [-0.2, -0.15) is 0 Å². The summed E-state index contributed by atoms with van der Waals surface area (Å²) >= 11 is 7.99. The van der Waals surface area contributed by atoms with Crippen molar-refractivity contribution in [3.05, 3.63) is 39.0 Å². The number of oxime groups is 1. The molecule has 2 aromatic heterocycles. The molecule has 0 radical (unpaired) electrons. The number of carboxylic acid groups (broad SMARTS) is 1. The number of amides is 2. The van der Waals surface area contributed by atoms with Crippen LogP contribution < -0.4 is 11.1 Å². The Balaban J connectivity index is 1.53. The number of allylic oxidation sites excluding steroid dienone is 1. The number of carbonyl (C=O) groups is 3. The summed E-state index contributed by atoms with van der Waals surface area (Å²) in [7, 11) is 0. The first-order valence-corrected chi connectivity index (χ1v) is 11.3.